The van der Waals surface area contributed by atoms with E-state index in [0.29, 0.717) is 44.5 Å². The molecular formula is C27H28N4O4S. The summed E-state index contributed by atoms with van der Waals surface area (Å²) in [5, 5.41) is 4.45. The third kappa shape index (κ3) is 4.13. The van der Waals surface area contributed by atoms with Gasteiger partial charge in [-0.15, -0.1) is 5.10 Å². The second-order valence-electron chi connectivity index (χ2n) is 8.70. The number of amides is 1. The highest BCUT2D eigenvalue weighted by Gasteiger charge is 2.34. The van der Waals surface area contributed by atoms with Gasteiger partial charge in [0, 0.05) is 17.7 Å². The van der Waals surface area contributed by atoms with Crippen molar-refractivity contribution in [3.05, 3.63) is 62.9 Å². The lowest BCUT2D eigenvalue weighted by Crippen LogP contribution is -2.33. The Kier molecular flexibility index (Phi) is 6.73. The minimum absolute atomic E-state index is 0.131. The van der Waals surface area contributed by atoms with E-state index in [1.165, 1.54) is 28.7 Å². The van der Waals surface area contributed by atoms with Gasteiger partial charge in [-0.05, 0) is 30.7 Å². The number of aromatic nitrogens is 3. The summed E-state index contributed by atoms with van der Waals surface area (Å²) in [6.07, 6.45) is 5.56. The molecule has 3 heterocycles. The van der Waals surface area contributed by atoms with Crippen LogP contribution >= 0.6 is 11.3 Å². The Morgan fingerprint density at radius 2 is 1.72 bits per heavy atom. The molecule has 2 aromatic carbocycles. The van der Waals surface area contributed by atoms with Crippen LogP contribution in [-0.2, 0) is 4.79 Å². The number of thiazole rings is 1. The fraction of sp³-hybridized carbons (Fsp3) is 0.333. The Bertz CT molecular complexity index is 1540. The molecule has 0 aliphatic carbocycles. The molecule has 0 unspecified atom stereocenters. The van der Waals surface area contributed by atoms with E-state index in [9.17, 15) is 9.59 Å². The minimum Gasteiger partial charge on any atom is -0.493 e. The molecule has 8 nitrogen and oxygen atoms in total. The standard InChI is InChI=1S/C27H28N4O4S/c1-4-5-6-7-10-15-30-19-12-9-8-11-18(19)22(25(30)32)23-26(33)31-27(36-23)28-24(29-31)17-13-14-20(34-2)21(16-17)35-3/h8-9,11-14,16H,4-7,10,15H2,1-3H3/b23-22-. The van der Waals surface area contributed by atoms with Crippen molar-refractivity contribution < 1.29 is 14.3 Å². The van der Waals surface area contributed by atoms with Crippen molar-refractivity contribution in [2.75, 3.05) is 25.7 Å². The van der Waals surface area contributed by atoms with Crippen LogP contribution in [0.2, 0.25) is 0 Å². The highest BCUT2D eigenvalue weighted by atomic mass is 32.1. The van der Waals surface area contributed by atoms with E-state index in [-0.39, 0.29) is 11.5 Å². The van der Waals surface area contributed by atoms with E-state index in [2.05, 4.69) is 17.0 Å². The summed E-state index contributed by atoms with van der Waals surface area (Å²) in [7, 11) is 3.13. The molecule has 0 bridgehead atoms. The summed E-state index contributed by atoms with van der Waals surface area (Å²) in [4.78, 5) is 33.8. The number of para-hydroxylation sites is 1. The van der Waals surface area contributed by atoms with Crippen LogP contribution in [0.5, 0.6) is 11.5 Å². The van der Waals surface area contributed by atoms with Crippen LogP contribution in [0.1, 0.15) is 44.6 Å². The SMILES string of the molecule is CCCCCCCN1C(=O)/C(=c2\sc3nc(-c4ccc(OC)c(OC)c4)nn3c2=O)c2ccccc21. The molecule has 0 saturated carbocycles. The van der Waals surface area contributed by atoms with E-state index in [1.54, 1.807) is 31.3 Å². The lowest BCUT2D eigenvalue weighted by molar-refractivity contribution is -0.113. The zero-order valence-corrected chi connectivity index (χ0v) is 21.4. The van der Waals surface area contributed by atoms with Crippen LogP contribution in [0.4, 0.5) is 5.69 Å². The van der Waals surface area contributed by atoms with Gasteiger partial charge in [0.25, 0.3) is 11.5 Å². The first-order valence-electron chi connectivity index (χ1n) is 12.1. The summed E-state index contributed by atoms with van der Waals surface area (Å²) in [6.45, 7) is 2.83. The number of anilines is 1. The fourth-order valence-corrected chi connectivity index (χ4v) is 5.58. The molecule has 1 aliphatic rings. The number of rotatable bonds is 9. The monoisotopic (exact) mass is 504 g/mol. The van der Waals surface area contributed by atoms with Gasteiger partial charge in [0.05, 0.1) is 25.5 Å². The Morgan fingerprint density at radius 1 is 0.944 bits per heavy atom. The topological polar surface area (TPSA) is 86.0 Å². The van der Waals surface area contributed by atoms with Crippen molar-refractivity contribution >= 4 is 33.5 Å². The molecule has 5 rings (SSSR count). The number of hydrogen-bond donors (Lipinski definition) is 0. The molecule has 186 valence electrons. The van der Waals surface area contributed by atoms with E-state index >= 15 is 0 Å². The lowest BCUT2D eigenvalue weighted by atomic mass is 10.1. The number of unbranched alkanes of at least 4 members (excludes halogenated alkanes) is 4. The quantitative estimate of drug-likeness (QED) is 0.320. The van der Waals surface area contributed by atoms with Crippen LogP contribution < -0.4 is 24.5 Å². The number of ether oxygens (including phenoxy) is 2. The average Bonchev–Trinajstić information content (AvgIpc) is 3.54. The van der Waals surface area contributed by atoms with Gasteiger partial charge in [-0.2, -0.15) is 9.50 Å². The van der Waals surface area contributed by atoms with Crippen molar-refractivity contribution in [2.24, 2.45) is 0 Å². The molecule has 1 amide bonds. The molecule has 1 aliphatic heterocycles. The van der Waals surface area contributed by atoms with Gasteiger partial charge in [0.15, 0.2) is 17.3 Å². The lowest BCUT2D eigenvalue weighted by Gasteiger charge is -2.16. The highest BCUT2D eigenvalue weighted by molar-refractivity contribution is 7.15. The summed E-state index contributed by atoms with van der Waals surface area (Å²) < 4.78 is 12.3. The van der Waals surface area contributed by atoms with Crippen molar-refractivity contribution in [3.8, 4) is 22.9 Å². The van der Waals surface area contributed by atoms with Crippen molar-refractivity contribution in [1.82, 2.24) is 14.6 Å². The van der Waals surface area contributed by atoms with Gasteiger partial charge in [-0.1, -0.05) is 62.1 Å². The van der Waals surface area contributed by atoms with E-state index < -0.39 is 0 Å². The number of carbonyl (C=O) groups excluding carboxylic acids is 1. The van der Waals surface area contributed by atoms with Crippen molar-refractivity contribution in [3.63, 3.8) is 0 Å². The molecule has 0 spiro atoms. The van der Waals surface area contributed by atoms with Crippen LogP contribution in [0.25, 0.3) is 21.9 Å². The fourth-order valence-electron chi connectivity index (χ4n) is 4.58. The number of fused-ring (bicyclic) bond motifs is 2. The number of nitrogens with zero attached hydrogens (tertiary/aromatic N) is 4. The second-order valence-corrected chi connectivity index (χ2v) is 9.68. The van der Waals surface area contributed by atoms with Crippen LogP contribution in [0, 0.1) is 0 Å². The number of hydrogen-bond acceptors (Lipinski definition) is 7. The Balaban J connectivity index is 1.53. The first-order chi connectivity index (χ1) is 17.6. The molecule has 4 aromatic rings. The third-order valence-electron chi connectivity index (χ3n) is 6.43. The summed E-state index contributed by atoms with van der Waals surface area (Å²) in [5.74, 6) is 1.42. The molecule has 9 heteroatoms. The number of methoxy groups -OCH3 is 2. The Hall–Kier alpha value is -3.72. The normalized spacial score (nSPS) is 14.5. The third-order valence-corrected chi connectivity index (χ3v) is 7.46. The molecule has 0 fully saturated rings. The van der Waals surface area contributed by atoms with E-state index in [4.69, 9.17) is 9.47 Å². The van der Waals surface area contributed by atoms with Gasteiger partial charge < -0.3 is 14.4 Å². The molecule has 0 atom stereocenters. The zero-order valence-electron chi connectivity index (χ0n) is 20.6. The minimum atomic E-state index is -0.336. The van der Waals surface area contributed by atoms with Gasteiger partial charge in [0.1, 0.15) is 4.53 Å². The van der Waals surface area contributed by atoms with Gasteiger partial charge in [0.2, 0.25) is 4.96 Å². The maximum absolute atomic E-state index is 13.5. The van der Waals surface area contributed by atoms with Gasteiger partial charge in [-0.3, -0.25) is 9.59 Å². The first-order valence-corrected chi connectivity index (χ1v) is 13.0. The summed E-state index contributed by atoms with van der Waals surface area (Å²) >= 11 is 1.19. The van der Waals surface area contributed by atoms with Crippen LogP contribution in [0.3, 0.4) is 0 Å². The maximum atomic E-state index is 13.5. The van der Waals surface area contributed by atoms with Crippen molar-refractivity contribution in [1.29, 1.82) is 0 Å². The van der Waals surface area contributed by atoms with Gasteiger partial charge >= 0.3 is 0 Å². The Labute approximate surface area is 212 Å². The smallest absolute Gasteiger partial charge is 0.291 e. The second kappa shape index (κ2) is 10.1. The number of carbonyl (C=O) groups is 1. The predicted octanol–water partition coefficient (Wildman–Crippen LogP) is 4.07. The first kappa shape index (κ1) is 24.0. The predicted molar refractivity (Wildman–Crippen MR) is 141 cm³/mol. The Morgan fingerprint density at radius 3 is 2.47 bits per heavy atom. The molecule has 0 saturated heterocycles. The molecule has 36 heavy (non-hydrogen) atoms. The van der Waals surface area contributed by atoms with Crippen molar-refractivity contribution in [2.45, 2.75) is 39.0 Å². The highest BCUT2D eigenvalue weighted by Crippen LogP contribution is 2.36. The molecule has 2 aromatic heterocycles. The van der Waals surface area contributed by atoms with Crippen LogP contribution in [-0.4, -0.2) is 41.3 Å². The zero-order chi connectivity index (χ0) is 25.2. The number of benzene rings is 2. The molecular weight excluding hydrogens is 476 g/mol. The summed E-state index contributed by atoms with van der Waals surface area (Å²) in [5.41, 5.74) is 2.45. The maximum Gasteiger partial charge on any atom is 0.291 e. The molecule has 0 radical (unpaired) electrons. The molecule has 0 N–H and O–H groups in total. The largest absolute Gasteiger partial charge is 0.493 e. The average molecular weight is 505 g/mol. The summed E-state index contributed by atoms with van der Waals surface area (Å²) in [6, 6.07) is 13.0. The van der Waals surface area contributed by atoms with E-state index in [0.717, 1.165) is 30.5 Å². The van der Waals surface area contributed by atoms with Crippen LogP contribution in [0.15, 0.2) is 47.3 Å². The van der Waals surface area contributed by atoms with E-state index in [1.807, 2.05) is 30.3 Å². The van der Waals surface area contributed by atoms with Gasteiger partial charge in [-0.25, -0.2) is 0 Å².